The molecule has 1 heterocycles. The van der Waals surface area contributed by atoms with E-state index in [2.05, 4.69) is 40.2 Å². The number of hydrogen-bond donors (Lipinski definition) is 1. The Morgan fingerprint density at radius 3 is 2.84 bits per heavy atom. The quantitative estimate of drug-likeness (QED) is 0.889. The topological polar surface area (TPSA) is 29.9 Å². The van der Waals surface area contributed by atoms with Gasteiger partial charge < -0.3 is 5.32 Å². The fourth-order valence-corrected chi connectivity index (χ4v) is 2.95. The van der Waals surface area contributed by atoms with E-state index in [-0.39, 0.29) is 6.04 Å². The van der Waals surface area contributed by atoms with Crippen LogP contribution in [0.1, 0.15) is 25.5 Å². The maximum Gasteiger partial charge on any atom is 0.0560 e. The summed E-state index contributed by atoms with van der Waals surface area (Å²) in [5, 5.41) is 8.52. The maximum absolute atomic E-state index is 6.26. The molecule has 102 valence electrons. The van der Waals surface area contributed by atoms with Crippen molar-refractivity contribution in [1.29, 1.82) is 0 Å². The Bertz CT molecular complexity index is 527. The van der Waals surface area contributed by atoms with Gasteiger partial charge in [-0.1, -0.05) is 33.6 Å². The van der Waals surface area contributed by atoms with Crippen LogP contribution < -0.4 is 5.32 Å². The summed E-state index contributed by atoms with van der Waals surface area (Å²) >= 11 is 9.68. The van der Waals surface area contributed by atoms with Crippen molar-refractivity contribution in [3.63, 3.8) is 0 Å². The lowest BCUT2D eigenvalue weighted by Crippen LogP contribution is -2.32. The Balaban J connectivity index is 1.98. The van der Waals surface area contributed by atoms with Crippen LogP contribution in [0.3, 0.4) is 0 Å². The summed E-state index contributed by atoms with van der Waals surface area (Å²) in [7, 11) is 0. The van der Waals surface area contributed by atoms with Crippen LogP contribution in [0.4, 0.5) is 0 Å². The van der Waals surface area contributed by atoms with Crippen LogP contribution in [0.15, 0.2) is 41.1 Å². The highest BCUT2D eigenvalue weighted by Gasteiger charge is 2.13. The molecule has 0 radical (unpaired) electrons. The van der Waals surface area contributed by atoms with Crippen LogP contribution in [0, 0.1) is 0 Å². The lowest BCUT2D eigenvalue weighted by Gasteiger charge is -2.21. The second-order valence-electron chi connectivity index (χ2n) is 4.68. The van der Waals surface area contributed by atoms with Crippen molar-refractivity contribution < 1.29 is 0 Å². The largest absolute Gasteiger partial charge is 0.306 e. The van der Waals surface area contributed by atoms with Gasteiger partial charge in [-0.3, -0.25) is 4.68 Å². The molecule has 3 nitrogen and oxygen atoms in total. The van der Waals surface area contributed by atoms with Crippen molar-refractivity contribution in [3.05, 3.63) is 51.7 Å². The fourth-order valence-electron chi connectivity index (χ4n) is 2.11. The van der Waals surface area contributed by atoms with Crippen molar-refractivity contribution in [3.8, 4) is 0 Å². The zero-order valence-electron chi connectivity index (χ0n) is 11.0. The van der Waals surface area contributed by atoms with E-state index in [9.17, 15) is 0 Å². The highest BCUT2D eigenvalue weighted by Crippen LogP contribution is 2.26. The molecule has 0 saturated carbocycles. The van der Waals surface area contributed by atoms with Crippen molar-refractivity contribution in [2.24, 2.45) is 0 Å². The van der Waals surface area contributed by atoms with Gasteiger partial charge in [-0.15, -0.1) is 0 Å². The molecule has 0 aliphatic rings. The first-order chi connectivity index (χ1) is 9.06. The zero-order valence-corrected chi connectivity index (χ0v) is 13.3. The third-order valence-corrected chi connectivity index (χ3v) is 3.80. The molecule has 2 unspecified atom stereocenters. The molecule has 1 aromatic carbocycles. The molecule has 2 rings (SSSR count). The lowest BCUT2D eigenvalue weighted by atomic mass is 10.1. The van der Waals surface area contributed by atoms with E-state index < -0.39 is 0 Å². The molecular weight excluding hydrogens is 326 g/mol. The van der Waals surface area contributed by atoms with Crippen molar-refractivity contribution in [1.82, 2.24) is 15.1 Å². The highest BCUT2D eigenvalue weighted by molar-refractivity contribution is 9.10. The second-order valence-corrected chi connectivity index (χ2v) is 6.01. The van der Waals surface area contributed by atoms with Crippen LogP contribution >= 0.6 is 27.5 Å². The van der Waals surface area contributed by atoms with Gasteiger partial charge in [-0.05, 0) is 37.6 Å². The van der Waals surface area contributed by atoms with Gasteiger partial charge in [0.05, 0.1) is 6.54 Å². The molecule has 0 saturated heterocycles. The van der Waals surface area contributed by atoms with Crippen LogP contribution in [0.25, 0.3) is 0 Å². The first-order valence-corrected chi connectivity index (χ1v) is 7.42. The van der Waals surface area contributed by atoms with E-state index in [0.717, 1.165) is 21.6 Å². The molecule has 2 atom stereocenters. The van der Waals surface area contributed by atoms with Crippen molar-refractivity contribution in [2.45, 2.75) is 32.5 Å². The van der Waals surface area contributed by atoms with Gasteiger partial charge in [0.1, 0.15) is 0 Å². The second kappa shape index (κ2) is 6.55. The molecule has 0 aliphatic heterocycles. The maximum atomic E-state index is 6.26. The van der Waals surface area contributed by atoms with Crippen LogP contribution in [-0.2, 0) is 6.54 Å². The van der Waals surface area contributed by atoms with E-state index in [4.69, 9.17) is 11.6 Å². The van der Waals surface area contributed by atoms with Crippen LogP contribution in [0.5, 0.6) is 0 Å². The minimum absolute atomic E-state index is 0.200. The summed E-state index contributed by atoms with van der Waals surface area (Å²) in [6.45, 7) is 5.10. The number of benzene rings is 1. The van der Waals surface area contributed by atoms with Gasteiger partial charge in [0, 0.05) is 34.0 Å². The fraction of sp³-hybridized carbons (Fsp3) is 0.357. The van der Waals surface area contributed by atoms with Crippen molar-refractivity contribution >= 4 is 27.5 Å². The molecule has 5 heteroatoms. The molecule has 1 N–H and O–H groups in total. The Hall–Kier alpha value is -0.840. The SMILES string of the molecule is CC(Cn1cccn1)NC(C)c1ccc(Br)cc1Cl. The summed E-state index contributed by atoms with van der Waals surface area (Å²) in [6.07, 6.45) is 3.76. The molecule has 19 heavy (non-hydrogen) atoms. The van der Waals surface area contributed by atoms with Gasteiger partial charge in [-0.25, -0.2) is 0 Å². The number of nitrogens with one attached hydrogen (secondary N) is 1. The Kier molecular flexibility index (Phi) is 5.02. The van der Waals surface area contributed by atoms with Crippen molar-refractivity contribution in [2.75, 3.05) is 0 Å². The average molecular weight is 343 g/mol. The van der Waals surface area contributed by atoms with Crippen LogP contribution in [-0.4, -0.2) is 15.8 Å². The summed E-state index contributed by atoms with van der Waals surface area (Å²) in [6, 6.07) is 8.43. The zero-order chi connectivity index (χ0) is 13.8. The molecule has 0 spiro atoms. The average Bonchev–Trinajstić information content (AvgIpc) is 2.81. The summed E-state index contributed by atoms with van der Waals surface area (Å²) in [5.74, 6) is 0. The van der Waals surface area contributed by atoms with E-state index in [1.165, 1.54) is 0 Å². The Morgan fingerprint density at radius 1 is 1.42 bits per heavy atom. The highest BCUT2D eigenvalue weighted by atomic mass is 79.9. The third kappa shape index (κ3) is 4.06. The van der Waals surface area contributed by atoms with Gasteiger partial charge >= 0.3 is 0 Å². The number of halogens is 2. The molecule has 0 aliphatic carbocycles. The lowest BCUT2D eigenvalue weighted by molar-refractivity contribution is 0.413. The minimum atomic E-state index is 0.200. The molecule has 2 aromatic rings. The van der Waals surface area contributed by atoms with Gasteiger partial charge in [0.2, 0.25) is 0 Å². The first kappa shape index (κ1) is 14.6. The number of aromatic nitrogens is 2. The normalized spacial score (nSPS) is 14.3. The molecule has 0 amide bonds. The van der Waals surface area contributed by atoms with Gasteiger partial charge in [0.15, 0.2) is 0 Å². The number of hydrogen-bond acceptors (Lipinski definition) is 2. The van der Waals surface area contributed by atoms with Gasteiger partial charge in [-0.2, -0.15) is 5.10 Å². The standard InChI is InChI=1S/C14H17BrClN3/c1-10(9-19-7-3-6-17-19)18-11(2)13-5-4-12(15)8-14(13)16/h3-8,10-11,18H,9H2,1-2H3. The molecule has 0 bridgehead atoms. The Labute approximate surface area is 127 Å². The smallest absolute Gasteiger partial charge is 0.0560 e. The summed E-state index contributed by atoms with van der Waals surface area (Å²) < 4.78 is 2.92. The predicted molar refractivity (Wildman–Crippen MR) is 82.4 cm³/mol. The Morgan fingerprint density at radius 2 is 2.21 bits per heavy atom. The summed E-state index contributed by atoms with van der Waals surface area (Å²) in [5.41, 5.74) is 1.11. The molecular formula is C14H17BrClN3. The minimum Gasteiger partial charge on any atom is -0.306 e. The monoisotopic (exact) mass is 341 g/mol. The molecule has 0 fully saturated rings. The molecule has 1 aromatic heterocycles. The van der Waals surface area contributed by atoms with E-state index in [1.807, 2.05) is 35.1 Å². The van der Waals surface area contributed by atoms with E-state index in [1.54, 1.807) is 6.20 Å². The van der Waals surface area contributed by atoms with E-state index in [0.29, 0.717) is 6.04 Å². The number of nitrogens with zero attached hydrogens (tertiary/aromatic N) is 2. The predicted octanol–water partition coefficient (Wildman–Crippen LogP) is 4.04. The number of rotatable bonds is 5. The van der Waals surface area contributed by atoms with E-state index >= 15 is 0 Å². The summed E-state index contributed by atoms with van der Waals surface area (Å²) in [4.78, 5) is 0. The van der Waals surface area contributed by atoms with Crippen LogP contribution in [0.2, 0.25) is 5.02 Å². The van der Waals surface area contributed by atoms with Gasteiger partial charge in [0.25, 0.3) is 0 Å². The third-order valence-electron chi connectivity index (χ3n) is 2.98. The first-order valence-electron chi connectivity index (χ1n) is 6.24.